The van der Waals surface area contributed by atoms with Crippen LogP contribution in [0.15, 0.2) is 6.07 Å². The molecular weight excluding hydrogens is 332 g/mol. The molecule has 7 nitrogen and oxygen atoms in total. The molecule has 0 aliphatic carbocycles. The predicted molar refractivity (Wildman–Crippen MR) is 96.8 cm³/mol. The Hall–Kier alpha value is -2.02. The molecule has 7 heteroatoms. The van der Waals surface area contributed by atoms with E-state index in [0.29, 0.717) is 44.2 Å². The maximum Gasteiger partial charge on any atom is 0.272 e. The van der Waals surface area contributed by atoms with Crippen molar-refractivity contribution in [2.45, 2.75) is 39.5 Å². The van der Waals surface area contributed by atoms with Gasteiger partial charge in [0.05, 0.1) is 6.61 Å². The fourth-order valence-electron chi connectivity index (χ4n) is 4.09. The van der Waals surface area contributed by atoms with E-state index in [2.05, 4.69) is 9.97 Å². The van der Waals surface area contributed by atoms with Crippen LogP contribution in [0.5, 0.6) is 0 Å². The van der Waals surface area contributed by atoms with Crippen molar-refractivity contribution >= 4 is 11.8 Å². The SMILES string of the molecule is COCCN1CC2(CCC1=O)CCN(C(=O)c1cc(C)nc(C)n1)CC2. The van der Waals surface area contributed by atoms with Crippen LogP contribution in [0, 0.1) is 19.3 Å². The first kappa shape index (κ1) is 18.8. The molecule has 0 saturated carbocycles. The second kappa shape index (κ2) is 7.70. The number of carbonyl (C=O) groups is 2. The summed E-state index contributed by atoms with van der Waals surface area (Å²) >= 11 is 0. The lowest BCUT2D eigenvalue weighted by molar-refractivity contribution is -0.139. The highest BCUT2D eigenvalue weighted by molar-refractivity contribution is 5.92. The molecule has 0 bridgehead atoms. The normalized spacial score (nSPS) is 19.9. The molecule has 2 aliphatic rings. The molecular formula is C19H28N4O3. The Kier molecular flexibility index (Phi) is 5.55. The van der Waals surface area contributed by atoms with Gasteiger partial charge in [-0.1, -0.05) is 0 Å². The highest BCUT2D eigenvalue weighted by atomic mass is 16.5. The van der Waals surface area contributed by atoms with Gasteiger partial charge in [-0.15, -0.1) is 0 Å². The zero-order chi connectivity index (χ0) is 18.7. The smallest absolute Gasteiger partial charge is 0.272 e. The van der Waals surface area contributed by atoms with E-state index in [-0.39, 0.29) is 17.2 Å². The van der Waals surface area contributed by atoms with Gasteiger partial charge >= 0.3 is 0 Å². The molecule has 0 aromatic carbocycles. The van der Waals surface area contributed by atoms with Gasteiger partial charge in [-0.3, -0.25) is 9.59 Å². The molecule has 2 saturated heterocycles. The van der Waals surface area contributed by atoms with Crippen molar-refractivity contribution in [1.29, 1.82) is 0 Å². The van der Waals surface area contributed by atoms with Crippen molar-refractivity contribution in [3.05, 3.63) is 23.3 Å². The van der Waals surface area contributed by atoms with Gasteiger partial charge in [-0.05, 0) is 44.6 Å². The zero-order valence-electron chi connectivity index (χ0n) is 16.0. The van der Waals surface area contributed by atoms with Crippen LogP contribution in [0.25, 0.3) is 0 Å². The minimum absolute atomic E-state index is 0.0171. The summed E-state index contributed by atoms with van der Waals surface area (Å²) in [6.45, 7) is 7.12. The Balaban J connectivity index is 1.63. The van der Waals surface area contributed by atoms with Crippen LogP contribution in [-0.2, 0) is 9.53 Å². The molecule has 2 aliphatic heterocycles. The Bertz CT molecular complexity index is 663. The number of methoxy groups -OCH3 is 1. The van der Waals surface area contributed by atoms with Crippen molar-refractivity contribution in [1.82, 2.24) is 19.8 Å². The summed E-state index contributed by atoms with van der Waals surface area (Å²) in [5.74, 6) is 0.830. The molecule has 1 aromatic rings. The van der Waals surface area contributed by atoms with E-state index < -0.39 is 0 Å². The van der Waals surface area contributed by atoms with Crippen molar-refractivity contribution in [2.75, 3.05) is 39.9 Å². The second-order valence-corrected chi connectivity index (χ2v) is 7.54. The summed E-state index contributed by atoms with van der Waals surface area (Å²) in [7, 11) is 1.66. The van der Waals surface area contributed by atoms with Crippen molar-refractivity contribution < 1.29 is 14.3 Å². The van der Waals surface area contributed by atoms with Gasteiger partial charge in [0, 0.05) is 45.4 Å². The number of ether oxygens (including phenoxy) is 1. The lowest BCUT2D eigenvalue weighted by Crippen LogP contribution is -2.53. The molecule has 0 N–H and O–H groups in total. The second-order valence-electron chi connectivity index (χ2n) is 7.54. The first-order valence-corrected chi connectivity index (χ1v) is 9.31. The Morgan fingerprint density at radius 3 is 2.62 bits per heavy atom. The summed E-state index contributed by atoms with van der Waals surface area (Å²) in [5.41, 5.74) is 1.43. The minimum Gasteiger partial charge on any atom is -0.383 e. The molecule has 1 aromatic heterocycles. The third kappa shape index (κ3) is 4.03. The first-order valence-electron chi connectivity index (χ1n) is 9.31. The van der Waals surface area contributed by atoms with E-state index in [4.69, 9.17) is 4.74 Å². The van der Waals surface area contributed by atoms with Crippen LogP contribution in [0.2, 0.25) is 0 Å². The van der Waals surface area contributed by atoms with Crippen molar-refractivity contribution in [2.24, 2.45) is 5.41 Å². The predicted octanol–water partition coefficient (Wildman–Crippen LogP) is 1.58. The minimum atomic E-state index is -0.0171. The van der Waals surface area contributed by atoms with Gasteiger partial charge in [0.2, 0.25) is 5.91 Å². The molecule has 3 rings (SSSR count). The third-order valence-electron chi connectivity index (χ3n) is 5.61. The Labute approximate surface area is 154 Å². The van der Waals surface area contributed by atoms with E-state index in [0.717, 1.165) is 31.5 Å². The molecule has 0 unspecified atom stereocenters. The fourth-order valence-corrected chi connectivity index (χ4v) is 4.09. The summed E-state index contributed by atoms with van der Waals surface area (Å²) in [5, 5.41) is 0. The highest BCUT2D eigenvalue weighted by Crippen LogP contribution is 2.40. The first-order chi connectivity index (χ1) is 12.4. The highest BCUT2D eigenvalue weighted by Gasteiger charge is 2.41. The summed E-state index contributed by atoms with van der Waals surface area (Å²) in [4.78, 5) is 37.3. The van der Waals surface area contributed by atoms with Gasteiger partial charge in [0.1, 0.15) is 11.5 Å². The number of piperidine rings is 2. The average Bonchev–Trinajstić information content (AvgIpc) is 2.62. The number of amides is 2. The van der Waals surface area contributed by atoms with Crippen LogP contribution < -0.4 is 0 Å². The number of aryl methyl sites for hydroxylation is 2. The van der Waals surface area contributed by atoms with Crippen LogP contribution >= 0.6 is 0 Å². The number of carbonyl (C=O) groups excluding carboxylic acids is 2. The number of rotatable bonds is 4. The van der Waals surface area contributed by atoms with Crippen molar-refractivity contribution in [3.8, 4) is 0 Å². The number of nitrogens with zero attached hydrogens (tertiary/aromatic N) is 4. The topological polar surface area (TPSA) is 75.6 Å². The van der Waals surface area contributed by atoms with E-state index in [1.807, 2.05) is 23.6 Å². The Morgan fingerprint density at radius 1 is 1.23 bits per heavy atom. The third-order valence-corrected chi connectivity index (χ3v) is 5.61. The zero-order valence-corrected chi connectivity index (χ0v) is 16.0. The largest absolute Gasteiger partial charge is 0.383 e. The van der Waals surface area contributed by atoms with Crippen LogP contribution in [0.3, 0.4) is 0 Å². The average molecular weight is 360 g/mol. The van der Waals surface area contributed by atoms with E-state index in [9.17, 15) is 9.59 Å². The number of hydrogen-bond acceptors (Lipinski definition) is 5. The molecule has 2 amide bonds. The maximum atomic E-state index is 12.8. The Morgan fingerprint density at radius 2 is 1.96 bits per heavy atom. The van der Waals surface area contributed by atoms with Gasteiger partial charge in [0.25, 0.3) is 5.91 Å². The molecule has 0 radical (unpaired) electrons. The van der Waals surface area contributed by atoms with Crippen molar-refractivity contribution in [3.63, 3.8) is 0 Å². The number of hydrogen-bond donors (Lipinski definition) is 0. The summed E-state index contributed by atoms with van der Waals surface area (Å²) < 4.78 is 5.13. The van der Waals surface area contributed by atoms with Gasteiger partial charge < -0.3 is 14.5 Å². The molecule has 142 valence electrons. The molecule has 26 heavy (non-hydrogen) atoms. The maximum absolute atomic E-state index is 12.8. The summed E-state index contributed by atoms with van der Waals surface area (Å²) in [6, 6.07) is 1.76. The van der Waals surface area contributed by atoms with Gasteiger partial charge in [-0.25, -0.2) is 9.97 Å². The van der Waals surface area contributed by atoms with Gasteiger partial charge in [-0.2, -0.15) is 0 Å². The van der Waals surface area contributed by atoms with Crippen LogP contribution in [0.1, 0.15) is 47.7 Å². The number of likely N-dealkylation sites (tertiary alicyclic amines) is 2. The number of aromatic nitrogens is 2. The lowest BCUT2D eigenvalue weighted by Gasteiger charge is -2.47. The molecule has 0 atom stereocenters. The molecule has 3 heterocycles. The monoisotopic (exact) mass is 360 g/mol. The van der Waals surface area contributed by atoms with Gasteiger partial charge in [0.15, 0.2) is 0 Å². The molecule has 2 fully saturated rings. The quantitative estimate of drug-likeness (QED) is 0.815. The van der Waals surface area contributed by atoms with Crippen LogP contribution in [0.4, 0.5) is 0 Å². The lowest BCUT2D eigenvalue weighted by atomic mass is 9.72. The summed E-state index contributed by atoms with van der Waals surface area (Å²) in [6.07, 6.45) is 3.38. The van der Waals surface area contributed by atoms with Crippen LogP contribution in [-0.4, -0.2) is 71.5 Å². The van der Waals surface area contributed by atoms with E-state index in [1.54, 1.807) is 13.2 Å². The standard InChI is InChI=1S/C19H28N4O3/c1-14-12-16(21-15(2)20-14)18(25)22-8-6-19(7-9-22)5-4-17(24)23(13-19)10-11-26-3/h12H,4-11,13H2,1-3H3. The molecule has 1 spiro atoms. The van der Waals surface area contributed by atoms with E-state index >= 15 is 0 Å². The van der Waals surface area contributed by atoms with E-state index in [1.165, 1.54) is 0 Å². The fraction of sp³-hybridized carbons (Fsp3) is 0.684.